The molecule has 0 bridgehead atoms. The second kappa shape index (κ2) is 7.72. The summed E-state index contributed by atoms with van der Waals surface area (Å²) in [6.45, 7) is 0. The van der Waals surface area contributed by atoms with Crippen molar-refractivity contribution in [2.75, 3.05) is 0 Å². The molecule has 1 saturated carbocycles. The molecule has 0 aliphatic heterocycles. The molecule has 2 heterocycles. The highest BCUT2D eigenvalue weighted by Crippen LogP contribution is 2.31. The molecule has 3 rings (SSSR count). The van der Waals surface area contributed by atoms with Crippen LogP contribution in [0.15, 0.2) is 24.4 Å². The number of carbonyl (C=O) groups is 1. The first-order chi connectivity index (χ1) is 11.6. The lowest BCUT2D eigenvalue weighted by Crippen LogP contribution is -2.48. The normalized spacial score (nSPS) is 21.1. The first-order valence-corrected chi connectivity index (χ1v) is 8.42. The van der Waals surface area contributed by atoms with Gasteiger partial charge in [-0.2, -0.15) is 0 Å². The zero-order chi connectivity index (χ0) is 16.9. The maximum Gasteiger partial charge on any atom is 0.242 e. The van der Waals surface area contributed by atoms with Crippen LogP contribution < -0.4 is 5.32 Å². The molecule has 1 atom stereocenters. The van der Waals surface area contributed by atoms with Crippen LogP contribution >= 0.6 is 11.6 Å². The summed E-state index contributed by atoms with van der Waals surface area (Å²) in [7, 11) is 0. The van der Waals surface area contributed by atoms with Crippen molar-refractivity contribution in [1.82, 2.24) is 25.5 Å². The standard InChI is InChI=1S/C16H20ClN5O2/c17-16-20-14(21-22-16)4-5-15(24)19-13(10-7-12(23)8-10)9-11-3-1-2-6-18-11/h1-3,6,10,12-13,23H,4-5,7-9H2,(H,19,24)(H,20,21,22). The number of aromatic nitrogens is 4. The molecule has 128 valence electrons. The number of aromatic amines is 1. The Morgan fingerprint density at radius 3 is 2.92 bits per heavy atom. The van der Waals surface area contributed by atoms with Crippen molar-refractivity contribution in [3.8, 4) is 0 Å². The van der Waals surface area contributed by atoms with Crippen LogP contribution in [0.4, 0.5) is 0 Å². The molecule has 1 aliphatic carbocycles. The SMILES string of the molecule is O=C(CCc1nc(Cl)n[nH]1)NC(Cc1ccccn1)C1CC(O)C1. The lowest BCUT2D eigenvalue weighted by molar-refractivity contribution is -0.122. The molecule has 2 aromatic rings. The average Bonchev–Trinajstić information content (AvgIpc) is 2.96. The third-order valence-electron chi connectivity index (χ3n) is 4.31. The number of halogens is 1. The minimum atomic E-state index is -0.255. The highest BCUT2D eigenvalue weighted by molar-refractivity contribution is 6.28. The fraction of sp³-hybridized carbons (Fsp3) is 0.500. The quantitative estimate of drug-likeness (QED) is 0.698. The Hall–Kier alpha value is -1.99. The van der Waals surface area contributed by atoms with Crippen LogP contribution in [-0.4, -0.2) is 43.3 Å². The molecule has 1 amide bonds. The topological polar surface area (TPSA) is 104 Å². The van der Waals surface area contributed by atoms with Gasteiger partial charge in [0, 0.05) is 37.2 Å². The van der Waals surface area contributed by atoms with Gasteiger partial charge in [0.05, 0.1) is 6.10 Å². The van der Waals surface area contributed by atoms with Gasteiger partial charge in [0.25, 0.3) is 0 Å². The van der Waals surface area contributed by atoms with Crippen molar-refractivity contribution in [2.45, 2.75) is 44.2 Å². The Balaban J connectivity index is 1.55. The van der Waals surface area contributed by atoms with E-state index in [9.17, 15) is 9.90 Å². The van der Waals surface area contributed by atoms with Gasteiger partial charge in [0.15, 0.2) is 0 Å². The molecular weight excluding hydrogens is 330 g/mol. The zero-order valence-corrected chi connectivity index (χ0v) is 13.9. The highest BCUT2D eigenvalue weighted by Gasteiger charge is 2.34. The molecule has 0 saturated heterocycles. The molecule has 8 heteroatoms. The second-order valence-electron chi connectivity index (χ2n) is 6.14. The van der Waals surface area contributed by atoms with Crippen LogP contribution in [0, 0.1) is 5.92 Å². The minimum Gasteiger partial charge on any atom is -0.393 e. The molecule has 24 heavy (non-hydrogen) atoms. The molecule has 0 aromatic carbocycles. The fourth-order valence-corrected chi connectivity index (χ4v) is 3.08. The van der Waals surface area contributed by atoms with Gasteiger partial charge in [-0.3, -0.25) is 14.9 Å². The van der Waals surface area contributed by atoms with Crippen LogP contribution in [0.5, 0.6) is 0 Å². The number of nitrogens with one attached hydrogen (secondary N) is 2. The van der Waals surface area contributed by atoms with Crippen LogP contribution in [0.25, 0.3) is 0 Å². The summed E-state index contributed by atoms with van der Waals surface area (Å²) >= 11 is 5.65. The van der Waals surface area contributed by atoms with Gasteiger partial charge in [-0.15, -0.1) is 5.10 Å². The number of nitrogens with zero attached hydrogens (tertiary/aromatic N) is 3. The molecule has 0 radical (unpaired) electrons. The van der Waals surface area contributed by atoms with Gasteiger partial charge in [-0.1, -0.05) is 6.07 Å². The first-order valence-electron chi connectivity index (χ1n) is 8.04. The van der Waals surface area contributed by atoms with Crippen molar-refractivity contribution in [3.63, 3.8) is 0 Å². The number of amides is 1. The van der Waals surface area contributed by atoms with E-state index in [0.29, 0.717) is 25.1 Å². The summed E-state index contributed by atoms with van der Waals surface area (Å²) < 4.78 is 0. The maximum absolute atomic E-state index is 12.3. The van der Waals surface area contributed by atoms with Gasteiger partial charge in [0.2, 0.25) is 11.2 Å². The minimum absolute atomic E-state index is 0.0193. The molecule has 2 aromatic heterocycles. The zero-order valence-electron chi connectivity index (χ0n) is 13.2. The van der Waals surface area contributed by atoms with Crippen molar-refractivity contribution in [1.29, 1.82) is 0 Å². The lowest BCUT2D eigenvalue weighted by Gasteiger charge is -2.38. The number of aliphatic hydroxyl groups excluding tert-OH is 1. The van der Waals surface area contributed by atoms with E-state index < -0.39 is 0 Å². The van der Waals surface area contributed by atoms with E-state index in [1.807, 2.05) is 18.2 Å². The van der Waals surface area contributed by atoms with Crippen molar-refractivity contribution in [2.24, 2.45) is 5.92 Å². The molecule has 1 unspecified atom stereocenters. The summed E-state index contributed by atoms with van der Waals surface area (Å²) in [5.41, 5.74) is 0.936. The van der Waals surface area contributed by atoms with E-state index in [2.05, 4.69) is 25.5 Å². The number of hydrogen-bond acceptors (Lipinski definition) is 5. The number of hydrogen-bond donors (Lipinski definition) is 3. The lowest BCUT2D eigenvalue weighted by atomic mass is 9.76. The number of H-pyrrole nitrogens is 1. The van der Waals surface area contributed by atoms with Crippen molar-refractivity contribution >= 4 is 17.5 Å². The summed E-state index contributed by atoms with van der Waals surface area (Å²) in [6.07, 6.45) is 4.35. The largest absolute Gasteiger partial charge is 0.393 e. The third kappa shape index (κ3) is 4.52. The third-order valence-corrected chi connectivity index (χ3v) is 4.48. The average molecular weight is 350 g/mol. The van der Waals surface area contributed by atoms with Gasteiger partial charge in [-0.05, 0) is 42.5 Å². The Morgan fingerprint density at radius 2 is 2.29 bits per heavy atom. The second-order valence-corrected chi connectivity index (χ2v) is 6.47. The number of rotatable bonds is 7. The molecule has 7 nitrogen and oxygen atoms in total. The first kappa shape index (κ1) is 16.9. The van der Waals surface area contributed by atoms with Gasteiger partial charge < -0.3 is 10.4 Å². The van der Waals surface area contributed by atoms with E-state index in [4.69, 9.17) is 11.6 Å². The molecule has 1 aliphatic rings. The van der Waals surface area contributed by atoms with Crippen molar-refractivity contribution < 1.29 is 9.90 Å². The number of carbonyl (C=O) groups excluding carboxylic acids is 1. The van der Waals surface area contributed by atoms with Gasteiger partial charge >= 0.3 is 0 Å². The Labute approximate surface area is 144 Å². The van der Waals surface area contributed by atoms with E-state index in [1.54, 1.807) is 6.20 Å². The number of aliphatic hydroxyl groups is 1. The molecule has 1 fully saturated rings. The smallest absolute Gasteiger partial charge is 0.242 e. The summed E-state index contributed by atoms with van der Waals surface area (Å²) in [5, 5.41) is 19.2. The van der Waals surface area contributed by atoms with Crippen LogP contribution in [0.1, 0.15) is 30.8 Å². The Morgan fingerprint density at radius 1 is 1.46 bits per heavy atom. The Kier molecular flexibility index (Phi) is 5.42. The summed E-state index contributed by atoms with van der Waals surface area (Å²) in [6, 6.07) is 5.73. The predicted molar refractivity (Wildman–Crippen MR) is 88.3 cm³/mol. The number of pyridine rings is 1. The van der Waals surface area contributed by atoms with E-state index >= 15 is 0 Å². The molecule has 3 N–H and O–H groups in total. The maximum atomic E-state index is 12.3. The monoisotopic (exact) mass is 349 g/mol. The summed E-state index contributed by atoms with van der Waals surface area (Å²) in [4.78, 5) is 20.6. The molecule has 0 spiro atoms. The van der Waals surface area contributed by atoms with Gasteiger partial charge in [0.1, 0.15) is 5.82 Å². The van der Waals surface area contributed by atoms with Crippen LogP contribution in [-0.2, 0) is 17.6 Å². The molecular formula is C16H20ClN5O2. The Bertz CT molecular complexity index is 672. The van der Waals surface area contributed by atoms with E-state index in [1.165, 1.54) is 0 Å². The van der Waals surface area contributed by atoms with Crippen molar-refractivity contribution in [3.05, 3.63) is 41.2 Å². The highest BCUT2D eigenvalue weighted by atomic mass is 35.5. The summed E-state index contributed by atoms with van der Waals surface area (Å²) in [5.74, 6) is 0.825. The van der Waals surface area contributed by atoms with E-state index in [0.717, 1.165) is 18.5 Å². The van der Waals surface area contributed by atoms with Crippen LogP contribution in [0.2, 0.25) is 5.28 Å². The predicted octanol–water partition coefficient (Wildman–Crippen LogP) is 1.28. The van der Waals surface area contributed by atoms with Crippen LogP contribution in [0.3, 0.4) is 0 Å². The van der Waals surface area contributed by atoms with Gasteiger partial charge in [-0.25, -0.2) is 4.98 Å². The fourth-order valence-electron chi connectivity index (χ4n) is 2.93. The number of aryl methyl sites for hydroxylation is 1. The van der Waals surface area contributed by atoms with E-state index in [-0.39, 0.29) is 29.3 Å².